The first-order valence-corrected chi connectivity index (χ1v) is 12.5. The van der Waals surface area contributed by atoms with Gasteiger partial charge in [0.2, 0.25) is 0 Å². The molecule has 3 aromatic carbocycles. The monoisotopic (exact) mass is 463 g/mol. The van der Waals surface area contributed by atoms with Gasteiger partial charge in [0.05, 0.1) is 10.6 Å². The van der Waals surface area contributed by atoms with E-state index in [1.54, 1.807) is 24.3 Å². The largest absolute Gasteiger partial charge is 0.368 e. The van der Waals surface area contributed by atoms with Gasteiger partial charge in [0.1, 0.15) is 0 Å². The van der Waals surface area contributed by atoms with E-state index in [4.69, 9.17) is 0 Å². The number of carbonyl (C=O) groups is 1. The zero-order valence-electron chi connectivity index (χ0n) is 19.2. The molecule has 0 atom stereocenters. The first-order chi connectivity index (χ1) is 15.8. The van der Waals surface area contributed by atoms with Crippen LogP contribution in [0.4, 0.5) is 11.4 Å². The number of para-hydroxylation sites is 1. The average molecular weight is 464 g/mol. The SMILES string of the molecule is Cc1ccccc1NS(=O)(=O)c1ccc(C(=O)N2CCN(c3cccc(C)c3C)CC2)cc1. The number of carbonyl (C=O) groups excluding carboxylic acids is 1. The van der Waals surface area contributed by atoms with E-state index in [1.165, 1.54) is 28.9 Å². The van der Waals surface area contributed by atoms with Crippen LogP contribution < -0.4 is 9.62 Å². The zero-order valence-corrected chi connectivity index (χ0v) is 20.0. The summed E-state index contributed by atoms with van der Waals surface area (Å²) < 4.78 is 28.1. The number of nitrogens with one attached hydrogen (secondary N) is 1. The molecule has 0 unspecified atom stereocenters. The summed E-state index contributed by atoms with van der Waals surface area (Å²) in [7, 11) is -3.73. The van der Waals surface area contributed by atoms with Gasteiger partial charge in [-0.2, -0.15) is 0 Å². The van der Waals surface area contributed by atoms with Crippen LogP contribution in [0, 0.1) is 20.8 Å². The lowest BCUT2D eigenvalue weighted by atomic mass is 10.1. The highest BCUT2D eigenvalue weighted by Crippen LogP contribution is 2.25. The van der Waals surface area contributed by atoms with E-state index in [1.807, 2.05) is 24.0 Å². The lowest BCUT2D eigenvalue weighted by molar-refractivity contribution is 0.0746. The van der Waals surface area contributed by atoms with Crippen molar-refractivity contribution in [1.82, 2.24) is 4.90 Å². The fraction of sp³-hybridized carbons (Fsp3) is 0.269. The molecule has 33 heavy (non-hydrogen) atoms. The topological polar surface area (TPSA) is 69.7 Å². The molecule has 172 valence electrons. The van der Waals surface area contributed by atoms with Crippen LogP contribution >= 0.6 is 0 Å². The fourth-order valence-corrected chi connectivity index (χ4v) is 5.21. The van der Waals surface area contributed by atoms with Crippen molar-refractivity contribution in [2.24, 2.45) is 0 Å². The number of amides is 1. The van der Waals surface area contributed by atoms with Crippen molar-refractivity contribution in [3.63, 3.8) is 0 Å². The number of anilines is 2. The summed E-state index contributed by atoms with van der Waals surface area (Å²) in [5.74, 6) is -0.0774. The molecule has 1 aliphatic heterocycles. The van der Waals surface area contributed by atoms with Crippen LogP contribution in [-0.2, 0) is 10.0 Å². The minimum Gasteiger partial charge on any atom is -0.368 e. The van der Waals surface area contributed by atoms with Gasteiger partial charge in [-0.1, -0.05) is 30.3 Å². The number of rotatable bonds is 5. The molecule has 1 saturated heterocycles. The predicted molar refractivity (Wildman–Crippen MR) is 132 cm³/mol. The fourth-order valence-electron chi connectivity index (χ4n) is 4.08. The number of piperazine rings is 1. The summed E-state index contributed by atoms with van der Waals surface area (Å²) in [6.45, 7) is 8.87. The number of sulfonamides is 1. The summed E-state index contributed by atoms with van der Waals surface area (Å²) in [5, 5.41) is 0. The Labute approximate surface area is 195 Å². The molecule has 4 rings (SSSR count). The molecule has 0 aliphatic carbocycles. The van der Waals surface area contributed by atoms with Crippen LogP contribution in [-0.4, -0.2) is 45.4 Å². The lowest BCUT2D eigenvalue weighted by Crippen LogP contribution is -2.49. The number of nitrogens with zero attached hydrogens (tertiary/aromatic N) is 2. The minimum atomic E-state index is -3.73. The molecule has 0 saturated carbocycles. The molecule has 0 aromatic heterocycles. The third-order valence-corrected chi connectivity index (χ3v) is 7.67. The number of hydrogen-bond donors (Lipinski definition) is 1. The highest BCUT2D eigenvalue weighted by atomic mass is 32.2. The molecule has 1 aliphatic rings. The van der Waals surface area contributed by atoms with Crippen molar-refractivity contribution in [1.29, 1.82) is 0 Å². The van der Waals surface area contributed by atoms with Crippen molar-refractivity contribution in [3.05, 3.63) is 89.0 Å². The molecule has 7 heteroatoms. The average Bonchev–Trinajstić information content (AvgIpc) is 2.82. The summed E-state index contributed by atoms with van der Waals surface area (Å²) in [4.78, 5) is 17.3. The van der Waals surface area contributed by atoms with Crippen molar-refractivity contribution < 1.29 is 13.2 Å². The Balaban J connectivity index is 1.42. The van der Waals surface area contributed by atoms with E-state index < -0.39 is 10.0 Å². The molecule has 1 fully saturated rings. The van der Waals surface area contributed by atoms with Crippen molar-refractivity contribution in [3.8, 4) is 0 Å². The maximum atomic E-state index is 13.0. The van der Waals surface area contributed by atoms with Crippen LogP contribution in [0.3, 0.4) is 0 Å². The minimum absolute atomic E-state index is 0.0774. The smallest absolute Gasteiger partial charge is 0.261 e. The molecule has 6 nitrogen and oxygen atoms in total. The molecule has 0 bridgehead atoms. The third-order valence-electron chi connectivity index (χ3n) is 6.28. The van der Waals surface area contributed by atoms with Gasteiger partial charge in [0.25, 0.3) is 15.9 Å². The van der Waals surface area contributed by atoms with E-state index in [0.717, 1.165) is 18.7 Å². The van der Waals surface area contributed by atoms with E-state index in [2.05, 4.69) is 41.7 Å². The molecule has 3 aromatic rings. The molecule has 1 amide bonds. The normalized spacial score (nSPS) is 14.3. The van der Waals surface area contributed by atoms with Gasteiger partial charge >= 0.3 is 0 Å². The Morgan fingerprint density at radius 1 is 0.788 bits per heavy atom. The van der Waals surface area contributed by atoms with Gasteiger partial charge < -0.3 is 9.80 Å². The van der Waals surface area contributed by atoms with E-state index >= 15 is 0 Å². The Morgan fingerprint density at radius 2 is 1.42 bits per heavy atom. The Bertz CT molecular complexity index is 1260. The zero-order chi connectivity index (χ0) is 23.6. The van der Waals surface area contributed by atoms with Crippen LogP contribution in [0.2, 0.25) is 0 Å². The number of hydrogen-bond acceptors (Lipinski definition) is 4. The third kappa shape index (κ3) is 4.88. The van der Waals surface area contributed by atoms with Gasteiger partial charge in [-0.15, -0.1) is 0 Å². The second-order valence-corrected chi connectivity index (χ2v) is 10.1. The van der Waals surface area contributed by atoms with Crippen molar-refractivity contribution in [2.75, 3.05) is 35.8 Å². The van der Waals surface area contributed by atoms with Crippen LogP contribution in [0.1, 0.15) is 27.0 Å². The second kappa shape index (κ2) is 9.27. The van der Waals surface area contributed by atoms with Crippen LogP contribution in [0.25, 0.3) is 0 Å². The van der Waals surface area contributed by atoms with E-state index in [0.29, 0.717) is 24.3 Å². The van der Waals surface area contributed by atoms with Crippen molar-refractivity contribution >= 4 is 27.3 Å². The predicted octanol–water partition coefficient (Wildman–Crippen LogP) is 4.38. The van der Waals surface area contributed by atoms with Gasteiger partial charge in [0.15, 0.2) is 0 Å². The molecule has 1 N–H and O–H groups in total. The summed E-state index contributed by atoms with van der Waals surface area (Å²) in [6, 6.07) is 19.7. The summed E-state index contributed by atoms with van der Waals surface area (Å²) >= 11 is 0. The van der Waals surface area contributed by atoms with Crippen LogP contribution in [0.5, 0.6) is 0 Å². The highest BCUT2D eigenvalue weighted by molar-refractivity contribution is 7.92. The standard InChI is InChI=1S/C26H29N3O3S/c1-19-8-6-10-25(21(19)3)28-15-17-29(18-16-28)26(30)22-11-13-23(14-12-22)33(31,32)27-24-9-5-4-7-20(24)2/h4-14,27H,15-18H2,1-3H3. The highest BCUT2D eigenvalue weighted by Gasteiger charge is 2.24. The lowest BCUT2D eigenvalue weighted by Gasteiger charge is -2.37. The second-order valence-electron chi connectivity index (χ2n) is 8.44. The number of benzene rings is 3. The summed E-state index contributed by atoms with van der Waals surface area (Å²) in [6.07, 6.45) is 0. The molecule has 0 spiro atoms. The molecule has 0 radical (unpaired) electrons. The van der Waals surface area contributed by atoms with Gasteiger partial charge in [-0.25, -0.2) is 8.42 Å². The molecular weight excluding hydrogens is 434 g/mol. The Kier molecular flexibility index (Phi) is 6.42. The van der Waals surface area contributed by atoms with Crippen LogP contribution in [0.15, 0.2) is 71.6 Å². The number of aryl methyl sites for hydroxylation is 2. The Hall–Kier alpha value is -3.32. The quantitative estimate of drug-likeness (QED) is 0.610. The maximum Gasteiger partial charge on any atom is 0.261 e. The van der Waals surface area contributed by atoms with E-state index in [-0.39, 0.29) is 10.8 Å². The first kappa shape index (κ1) is 22.9. The molecule has 1 heterocycles. The maximum absolute atomic E-state index is 13.0. The van der Waals surface area contributed by atoms with E-state index in [9.17, 15) is 13.2 Å². The molecular formula is C26H29N3O3S. The van der Waals surface area contributed by atoms with Gasteiger partial charge in [-0.3, -0.25) is 9.52 Å². The first-order valence-electron chi connectivity index (χ1n) is 11.1. The Morgan fingerprint density at radius 3 is 2.09 bits per heavy atom. The summed E-state index contributed by atoms with van der Waals surface area (Å²) in [5.41, 5.74) is 5.63. The van der Waals surface area contributed by atoms with Gasteiger partial charge in [0, 0.05) is 37.4 Å². The van der Waals surface area contributed by atoms with Gasteiger partial charge in [-0.05, 0) is 73.9 Å². The van der Waals surface area contributed by atoms with Crippen molar-refractivity contribution in [2.45, 2.75) is 25.7 Å².